The number of piperidine rings is 1. The molecule has 1 aromatic carbocycles. The Kier molecular flexibility index (Phi) is 12.5. The van der Waals surface area contributed by atoms with Gasteiger partial charge in [0.2, 0.25) is 0 Å². The van der Waals surface area contributed by atoms with Crippen LogP contribution < -0.4 is 0 Å². The fourth-order valence-electron chi connectivity index (χ4n) is 5.13. The van der Waals surface area contributed by atoms with Crippen molar-refractivity contribution in [3.63, 3.8) is 0 Å². The number of hydrogen-bond acceptors (Lipinski definition) is 5. The third-order valence-corrected chi connectivity index (χ3v) is 7.82. The highest BCUT2D eigenvalue weighted by Gasteiger charge is 2.32. The first-order valence-corrected chi connectivity index (χ1v) is 14.1. The van der Waals surface area contributed by atoms with Crippen LogP contribution in [0.25, 0.3) is 0 Å². The molecule has 0 saturated carbocycles. The van der Waals surface area contributed by atoms with Gasteiger partial charge in [-0.2, -0.15) is 0 Å². The number of nitroso groups, excluding NO2 is 1. The smallest absolute Gasteiger partial charge is 0.129 e. The topological polar surface area (TPSA) is 59.8 Å². The van der Waals surface area contributed by atoms with Crippen molar-refractivity contribution in [1.82, 2.24) is 9.80 Å². The molecule has 0 spiro atoms. The van der Waals surface area contributed by atoms with E-state index in [1.807, 2.05) is 51.2 Å². The Labute approximate surface area is 211 Å². The summed E-state index contributed by atoms with van der Waals surface area (Å²) in [6, 6.07) is 10.3. The summed E-state index contributed by atoms with van der Waals surface area (Å²) in [6.45, 7) is 14.7. The summed E-state index contributed by atoms with van der Waals surface area (Å²) in [5, 5.41) is 14.0. The third-order valence-electron chi connectivity index (χ3n) is 6.84. The molecule has 1 fully saturated rings. The Balaban J connectivity index is 0.000000970. The van der Waals surface area contributed by atoms with E-state index in [0.29, 0.717) is 17.6 Å². The number of fused-ring (bicyclic) bond motifs is 1. The van der Waals surface area contributed by atoms with Gasteiger partial charge in [0.1, 0.15) is 11.5 Å². The predicted molar refractivity (Wildman–Crippen MR) is 148 cm³/mol. The van der Waals surface area contributed by atoms with Crippen molar-refractivity contribution in [2.75, 3.05) is 26.2 Å². The van der Waals surface area contributed by atoms with Crippen molar-refractivity contribution in [2.24, 2.45) is 11.1 Å². The number of benzene rings is 1. The van der Waals surface area contributed by atoms with E-state index in [1.165, 1.54) is 28.8 Å². The minimum Gasteiger partial charge on any atom is -0.353 e. The van der Waals surface area contributed by atoms with Crippen molar-refractivity contribution in [1.29, 1.82) is 5.41 Å². The molecule has 0 radical (unpaired) electrons. The maximum Gasteiger partial charge on any atom is 0.129 e. The summed E-state index contributed by atoms with van der Waals surface area (Å²) in [7, 11) is 0. The highest BCUT2D eigenvalue weighted by Crippen LogP contribution is 2.31. The molecule has 0 amide bonds. The van der Waals surface area contributed by atoms with Gasteiger partial charge >= 0.3 is 0 Å². The molecule has 2 aromatic rings. The number of rotatable bonds is 7. The Morgan fingerprint density at radius 3 is 2.35 bits per heavy atom. The second kappa shape index (κ2) is 15.0. The first kappa shape index (κ1) is 28.2. The van der Waals surface area contributed by atoms with E-state index in [2.05, 4.69) is 33.3 Å². The normalized spacial score (nSPS) is 17.4. The lowest BCUT2D eigenvalue weighted by molar-refractivity contribution is 0.122. The quantitative estimate of drug-likeness (QED) is 0.414. The third kappa shape index (κ3) is 7.22. The van der Waals surface area contributed by atoms with Gasteiger partial charge in [-0.3, -0.25) is 5.41 Å². The molecular weight excluding hydrogens is 440 g/mol. The number of likely N-dealkylation sites (tertiary alicyclic amines) is 1. The largest absolute Gasteiger partial charge is 0.353 e. The first-order valence-electron chi connectivity index (χ1n) is 13.3. The van der Waals surface area contributed by atoms with Gasteiger partial charge in [-0.25, -0.2) is 0 Å². The van der Waals surface area contributed by atoms with Crippen LogP contribution in [0.2, 0.25) is 0 Å². The molecule has 34 heavy (non-hydrogen) atoms. The number of amidine groups is 1. The maximum atomic E-state index is 10.6. The van der Waals surface area contributed by atoms with Gasteiger partial charge in [-0.05, 0) is 91.9 Å². The number of aryl methyl sites for hydroxylation is 1. The van der Waals surface area contributed by atoms with Crippen LogP contribution in [0.5, 0.6) is 0 Å². The van der Waals surface area contributed by atoms with Crippen molar-refractivity contribution in [2.45, 2.75) is 79.2 Å². The zero-order valence-electron chi connectivity index (χ0n) is 21.8. The van der Waals surface area contributed by atoms with Crippen molar-refractivity contribution in [3.05, 3.63) is 56.6 Å². The summed E-state index contributed by atoms with van der Waals surface area (Å²) in [4.78, 5) is 16.9. The number of nitrogens with one attached hydrogen (secondary N) is 1. The average molecular weight is 485 g/mol. The minimum atomic E-state index is 0.480. The van der Waals surface area contributed by atoms with Gasteiger partial charge in [0.25, 0.3) is 0 Å². The molecule has 2 aliphatic heterocycles. The van der Waals surface area contributed by atoms with Crippen LogP contribution in [0.4, 0.5) is 5.69 Å². The van der Waals surface area contributed by atoms with Crippen LogP contribution in [0, 0.1) is 16.2 Å². The van der Waals surface area contributed by atoms with Crippen LogP contribution in [0.1, 0.15) is 76.3 Å². The van der Waals surface area contributed by atoms with Gasteiger partial charge in [0.05, 0.1) is 0 Å². The van der Waals surface area contributed by atoms with Gasteiger partial charge in [-0.1, -0.05) is 46.8 Å². The molecule has 1 unspecified atom stereocenters. The molecule has 0 aliphatic carbocycles. The van der Waals surface area contributed by atoms with Crippen LogP contribution in [0.15, 0.2) is 40.9 Å². The minimum absolute atomic E-state index is 0.480. The summed E-state index contributed by atoms with van der Waals surface area (Å²) in [5.41, 5.74) is 2.93. The molecule has 4 rings (SSSR count). The zero-order chi connectivity index (χ0) is 24.9. The second-order valence-corrected chi connectivity index (χ2v) is 9.57. The Hall–Kier alpha value is -2.05. The highest BCUT2D eigenvalue weighted by molar-refractivity contribution is 7.10. The van der Waals surface area contributed by atoms with E-state index in [-0.39, 0.29) is 0 Å². The Morgan fingerprint density at radius 1 is 1.06 bits per heavy atom. The molecule has 0 bridgehead atoms. The standard InChI is InChI=1S/C24H32N4OS.2C2H6/c1-2-22(28-13-3-4-23-21(24(28)25)12-17-30-23)19-10-15-27(16-11-19)14-9-18-5-7-20(26-29)8-6-18;2*1-2/h5-8,12,17,19,22,25H,2-4,9-11,13-16H2,1H3;2*1-2H3. The fourth-order valence-corrected chi connectivity index (χ4v) is 6.06. The first-order chi connectivity index (χ1) is 16.7. The van der Waals surface area contributed by atoms with Crippen LogP contribution in [-0.2, 0) is 12.8 Å². The Morgan fingerprint density at radius 2 is 1.74 bits per heavy atom. The number of thiophene rings is 1. The van der Waals surface area contributed by atoms with Crippen molar-refractivity contribution in [3.8, 4) is 0 Å². The molecule has 188 valence electrons. The van der Waals surface area contributed by atoms with E-state index >= 15 is 0 Å². The molecule has 2 aliphatic rings. The molecule has 5 nitrogen and oxygen atoms in total. The summed E-state index contributed by atoms with van der Waals surface area (Å²) < 4.78 is 0. The summed E-state index contributed by atoms with van der Waals surface area (Å²) >= 11 is 1.81. The zero-order valence-corrected chi connectivity index (χ0v) is 22.7. The van der Waals surface area contributed by atoms with E-state index < -0.39 is 0 Å². The van der Waals surface area contributed by atoms with Gasteiger partial charge in [0, 0.05) is 29.6 Å². The molecule has 1 N–H and O–H groups in total. The molecule has 1 saturated heterocycles. The molecule has 3 heterocycles. The summed E-state index contributed by atoms with van der Waals surface area (Å²) in [6.07, 6.45) is 6.83. The fraction of sp³-hybridized carbons (Fsp3) is 0.607. The molecule has 1 atom stereocenters. The van der Waals surface area contributed by atoms with E-state index in [1.54, 1.807) is 12.1 Å². The van der Waals surface area contributed by atoms with Gasteiger partial charge in [0.15, 0.2) is 0 Å². The molecular formula is C28H44N4OS. The summed E-state index contributed by atoms with van der Waals surface area (Å²) in [5.74, 6) is 1.43. The van der Waals surface area contributed by atoms with Crippen molar-refractivity contribution >= 4 is 22.9 Å². The van der Waals surface area contributed by atoms with Crippen LogP contribution in [0.3, 0.4) is 0 Å². The Bertz CT molecular complexity index is 856. The second-order valence-electron chi connectivity index (χ2n) is 8.57. The highest BCUT2D eigenvalue weighted by atomic mass is 32.1. The lowest BCUT2D eigenvalue weighted by Gasteiger charge is -2.41. The van der Waals surface area contributed by atoms with Crippen LogP contribution >= 0.6 is 11.3 Å². The lowest BCUT2D eigenvalue weighted by Crippen LogP contribution is -2.48. The number of nitrogens with zero attached hydrogens (tertiary/aromatic N) is 3. The molecule has 6 heteroatoms. The van der Waals surface area contributed by atoms with Gasteiger partial charge < -0.3 is 9.80 Å². The predicted octanol–water partition coefficient (Wildman–Crippen LogP) is 7.51. The molecule has 1 aromatic heterocycles. The van der Waals surface area contributed by atoms with Crippen molar-refractivity contribution < 1.29 is 0 Å². The lowest BCUT2D eigenvalue weighted by atomic mass is 9.86. The van der Waals surface area contributed by atoms with E-state index in [0.717, 1.165) is 57.7 Å². The van der Waals surface area contributed by atoms with E-state index in [4.69, 9.17) is 5.41 Å². The van der Waals surface area contributed by atoms with Crippen LogP contribution in [-0.4, -0.2) is 47.9 Å². The maximum absolute atomic E-state index is 10.6. The SMILES string of the molecule is CC.CC.CCC(C1CCN(CCc2ccc(N=O)cc2)CC1)N1CCCc2sccc2C1=N. The average Bonchev–Trinajstić information content (AvgIpc) is 3.32. The monoisotopic (exact) mass is 484 g/mol. The van der Waals surface area contributed by atoms with E-state index in [9.17, 15) is 4.91 Å². The van der Waals surface area contributed by atoms with Gasteiger partial charge in [-0.15, -0.1) is 16.2 Å². The number of hydrogen-bond donors (Lipinski definition) is 1.